The second kappa shape index (κ2) is 50.2. The van der Waals surface area contributed by atoms with E-state index in [1.54, 1.807) is 65.4 Å². The van der Waals surface area contributed by atoms with Crippen molar-refractivity contribution in [2.24, 2.45) is 45.0 Å². The number of rotatable bonds is 29. The molecular formula is C100H98BCl5N23O8S4. The topological polar surface area (TPSA) is 402 Å². The summed E-state index contributed by atoms with van der Waals surface area (Å²) in [5, 5.41) is 76.7. The van der Waals surface area contributed by atoms with Crippen molar-refractivity contribution in [3.05, 3.63) is 286 Å². The van der Waals surface area contributed by atoms with Gasteiger partial charge in [0.15, 0.2) is 29.1 Å². The van der Waals surface area contributed by atoms with Gasteiger partial charge in [0.2, 0.25) is 12.2 Å². The van der Waals surface area contributed by atoms with Crippen LogP contribution in [-0.4, -0.2) is 149 Å². The minimum absolute atomic E-state index is 0. The molecule has 41 heteroatoms. The summed E-state index contributed by atoms with van der Waals surface area (Å²) in [6.07, 6.45) is 18.8. The van der Waals surface area contributed by atoms with Gasteiger partial charge in [0, 0.05) is 152 Å². The molecule has 0 unspecified atom stereocenters. The zero-order valence-corrected chi connectivity index (χ0v) is 84.6. The number of hydrogen-bond acceptors (Lipinski definition) is 26. The SMILES string of the molecule is CCOC(OCC)OCC.Cl.Cn1c(-c2ccn(C3CC3)n2)nc(-c2ccc(-c3ncon3)cc2)c1Sc1ccc(Cl)cc1.Cn1c(-c2ccn(C3CC3)n2)nc(-c2ccc(/C(N)=N\O)cc2)c1Sc1ccc(Cl)cc1.Cn1c(-c2ccn(C3CC3)n2)nc(-c2ccc(C#N)cc2)c1Sc1ccc(Cl)cc1.Cn1c(-c2ccn[nH]2)nc(-c2ccc(C#N)cc2)c1Sc1ccc(Cl)cc1.NO.O[B]OC1CC1. The fraction of sp³-hybridized carbons (Fsp3) is 0.230. The van der Waals surface area contributed by atoms with E-state index in [0.717, 1.165) is 157 Å². The zero-order valence-electron chi connectivity index (χ0n) is 77.4. The molecule has 9 aromatic heterocycles. The first-order valence-corrected chi connectivity index (χ1v) is 49.4. The number of nitrogens with one attached hydrogen (secondary N) is 1. The van der Waals surface area contributed by atoms with Crippen LogP contribution < -0.4 is 11.6 Å². The molecule has 4 aliphatic carbocycles. The summed E-state index contributed by atoms with van der Waals surface area (Å²) in [6.45, 7) is 7.10. The van der Waals surface area contributed by atoms with Crippen molar-refractivity contribution in [2.45, 2.75) is 143 Å². The molecule has 31 nitrogen and oxygen atoms in total. The van der Waals surface area contributed by atoms with Gasteiger partial charge in [-0.25, -0.2) is 25.8 Å². The predicted molar refractivity (Wildman–Crippen MR) is 552 cm³/mol. The van der Waals surface area contributed by atoms with Crippen LogP contribution in [0.2, 0.25) is 20.1 Å². The standard InChI is InChI=1S/C24H19ClN6OS.C23H21ClN6OS.C23H18ClN5S.C20H14ClN5S.C7H16O3.C3H6BO2.ClH.H3NO/c1-30-23(20-12-13-31(28-20)18-8-9-18)27-21(24(30)33-19-10-6-17(25)7-11-19)15-2-4-16(5-3-15)22-26-14-32-29-22;1-29-22(19-12-13-30(27-19)17-8-9-17)26-20(14-2-4-15(5-3-14)21(25)28-31)23(29)32-18-10-6-16(24)7-11-18;1-28-22(20-12-13-29(27-20)18-8-9-18)26-21(16-4-2-15(14-25)3-5-16)23(28)30-19-10-6-17(24)7-11-19;1-26-19(17-10-11-23-25-17)24-18(14-4-2-13(12-22)3-5-14)20(26)27-16-8-6-15(21)7-9-16;1-4-8-7(9-5-2)10-6-3;5-4-6-3-1-2-3;;1-2/h2-7,10-14,18H,8-9H2,1H3;2-7,10-13,17,31H,8-9H2,1H3,(H2,25,28);2-7,10-13,18H,8-9H2,1H3;2-11H,1H3,(H,23,25);7H,4-6H2,1-3H3;3,5H,1-2H2;1H;2H,1H2. The number of aromatic amines is 1. The van der Waals surface area contributed by atoms with Crippen LogP contribution in [0.25, 0.3) is 102 Å². The second-order valence-electron chi connectivity index (χ2n) is 31.9. The normalized spacial score (nSPS) is 13.0. The van der Waals surface area contributed by atoms with Gasteiger partial charge < -0.3 is 62.8 Å². The minimum Gasteiger partial charge on any atom is -0.429 e. The van der Waals surface area contributed by atoms with E-state index < -0.39 is 6.48 Å². The lowest BCUT2D eigenvalue weighted by molar-refractivity contribution is -0.282. The van der Waals surface area contributed by atoms with E-state index in [2.05, 4.69) is 66.6 Å². The Kier molecular flexibility index (Phi) is 37.2. The molecule has 17 aromatic rings. The van der Waals surface area contributed by atoms with E-state index in [9.17, 15) is 0 Å². The van der Waals surface area contributed by atoms with E-state index in [1.807, 2.05) is 288 Å². The largest absolute Gasteiger partial charge is 0.485 e. The minimum atomic E-state index is -0.472. The molecule has 4 saturated carbocycles. The molecule has 0 saturated heterocycles. The van der Waals surface area contributed by atoms with Crippen LogP contribution in [0.5, 0.6) is 0 Å². The van der Waals surface area contributed by atoms with E-state index in [1.165, 1.54) is 44.9 Å². The number of ether oxygens (including phenoxy) is 3. The summed E-state index contributed by atoms with van der Waals surface area (Å²) in [6, 6.07) is 75.4. The van der Waals surface area contributed by atoms with Gasteiger partial charge in [0.1, 0.15) is 65.7 Å². The number of benzene rings is 8. The third-order valence-corrected chi connectivity index (χ3v) is 27.6. The lowest BCUT2D eigenvalue weighted by Crippen LogP contribution is -2.20. The molecule has 9 heterocycles. The average molecular weight is 2070 g/mol. The number of aromatic nitrogens is 18. The highest BCUT2D eigenvalue weighted by Gasteiger charge is 2.31. The first-order valence-electron chi connectivity index (χ1n) is 44.6. The smallest absolute Gasteiger partial charge is 0.429 e. The number of H-pyrrole nitrogens is 1. The Bertz CT molecular complexity index is 7010. The maximum atomic E-state index is 9.12. The molecule has 0 amide bonds. The van der Waals surface area contributed by atoms with E-state index in [0.29, 0.717) is 86.7 Å². The number of nitrogens with zero attached hydrogens (tertiary/aromatic N) is 20. The highest BCUT2D eigenvalue weighted by Crippen LogP contribution is 2.46. The summed E-state index contributed by atoms with van der Waals surface area (Å²) in [7, 11) is 8.80. The number of amidine groups is 1. The highest BCUT2D eigenvalue weighted by molar-refractivity contribution is 8.00. The molecule has 1 radical (unpaired) electrons. The third-order valence-electron chi connectivity index (χ3n) is 21.9. The van der Waals surface area contributed by atoms with E-state index in [-0.39, 0.29) is 18.2 Å². The van der Waals surface area contributed by atoms with Gasteiger partial charge in [-0.05, 0) is 218 Å². The monoisotopic (exact) mass is 2060 g/mol. The summed E-state index contributed by atoms with van der Waals surface area (Å²) in [5.74, 6) is 7.39. The van der Waals surface area contributed by atoms with Crippen LogP contribution in [0, 0.1) is 22.7 Å². The number of halogens is 5. The molecule has 0 atom stereocenters. The van der Waals surface area contributed by atoms with Gasteiger partial charge in [-0.15, -0.1) is 12.4 Å². The van der Waals surface area contributed by atoms with Gasteiger partial charge in [-0.3, -0.25) is 19.1 Å². The molecule has 0 spiro atoms. The molecule has 141 heavy (non-hydrogen) atoms. The van der Waals surface area contributed by atoms with Gasteiger partial charge in [-0.2, -0.15) is 35.9 Å². The van der Waals surface area contributed by atoms with Crippen LogP contribution >= 0.6 is 106 Å². The number of nitriles is 2. The molecular weight excluding hydrogens is 1970 g/mol. The molecule has 4 aliphatic rings. The van der Waals surface area contributed by atoms with Gasteiger partial charge in [0.25, 0.3) is 6.48 Å². The van der Waals surface area contributed by atoms with Gasteiger partial charge >= 0.3 is 7.69 Å². The van der Waals surface area contributed by atoms with Crippen molar-refractivity contribution in [1.29, 1.82) is 10.5 Å². The number of imidazole rings is 4. The van der Waals surface area contributed by atoms with Crippen LogP contribution in [0.3, 0.4) is 0 Å². The Morgan fingerprint density at radius 3 is 1.06 bits per heavy atom. The van der Waals surface area contributed by atoms with Crippen LogP contribution in [0.15, 0.2) is 299 Å². The molecule has 8 aromatic carbocycles. The Balaban J connectivity index is 0.000000141. The van der Waals surface area contributed by atoms with Crippen molar-refractivity contribution in [3.63, 3.8) is 0 Å². The Labute approximate surface area is 858 Å². The van der Waals surface area contributed by atoms with Crippen molar-refractivity contribution in [2.75, 3.05) is 19.8 Å². The maximum Gasteiger partial charge on any atom is 0.485 e. The molecule has 8 N–H and O–H groups in total. The summed E-state index contributed by atoms with van der Waals surface area (Å²) >= 11 is 30.8. The lowest BCUT2D eigenvalue weighted by atomic mass is 10.1. The van der Waals surface area contributed by atoms with Gasteiger partial charge in [-0.1, -0.05) is 177 Å². The number of nitrogens with two attached hydrogens (primary N) is 2. The van der Waals surface area contributed by atoms with Crippen molar-refractivity contribution >= 4 is 119 Å². The Morgan fingerprint density at radius 1 is 0.468 bits per heavy atom. The Hall–Kier alpha value is -12.5. The van der Waals surface area contributed by atoms with E-state index in [4.69, 9.17) is 132 Å². The molecule has 723 valence electrons. The quantitative estimate of drug-likeness (QED) is 0.00633. The molecule has 0 bridgehead atoms. The average Bonchev–Trinajstić information content (AvgIpc) is 1.66. The van der Waals surface area contributed by atoms with Gasteiger partial charge in [0.05, 0.1) is 41.4 Å². The van der Waals surface area contributed by atoms with Crippen molar-refractivity contribution in [1.82, 2.24) is 87.9 Å². The fourth-order valence-electron chi connectivity index (χ4n) is 14.1. The molecule has 0 aliphatic heterocycles. The first kappa shape index (κ1) is 104. The number of hydrogen-bond donors (Lipinski definition) is 6. The number of oxime groups is 1. The third kappa shape index (κ3) is 27.4. The molecule has 4 fully saturated rings. The highest BCUT2D eigenvalue weighted by atomic mass is 35.5. The Morgan fingerprint density at radius 2 is 0.787 bits per heavy atom. The maximum absolute atomic E-state index is 9.12. The van der Waals surface area contributed by atoms with Crippen LogP contribution in [0.1, 0.15) is 107 Å². The molecule has 21 rings (SSSR count). The zero-order chi connectivity index (χ0) is 98.3. The van der Waals surface area contributed by atoms with Crippen LogP contribution in [0.4, 0.5) is 0 Å². The summed E-state index contributed by atoms with van der Waals surface area (Å²) < 4.78 is 39.1. The van der Waals surface area contributed by atoms with Crippen LogP contribution in [-0.2, 0) is 47.1 Å². The van der Waals surface area contributed by atoms with E-state index >= 15 is 0 Å². The fourth-order valence-corrected chi connectivity index (χ4v) is 18.5. The second-order valence-corrected chi connectivity index (χ2v) is 37.9. The van der Waals surface area contributed by atoms with Crippen molar-refractivity contribution < 1.29 is 38.8 Å². The first-order chi connectivity index (χ1) is 68.2. The van der Waals surface area contributed by atoms with Crippen molar-refractivity contribution in [3.8, 4) is 115 Å². The summed E-state index contributed by atoms with van der Waals surface area (Å²) in [5.41, 5.74) is 19.2. The lowest BCUT2D eigenvalue weighted by Gasteiger charge is -2.15. The predicted octanol–water partition coefficient (Wildman–Crippen LogP) is 23.3. The summed E-state index contributed by atoms with van der Waals surface area (Å²) in [4.78, 5) is 28.3.